The number of aliphatic hydroxyl groups excluding tert-OH is 1. The van der Waals surface area contributed by atoms with E-state index < -0.39 is 5.54 Å². The lowest BCUT2D eigenvalue weighted by atomic mass is 10.0. The molecule has 0 aliphatic heterocycles. The highest BCUT2D eigenvalue weighted by atomic mass is 16.3. The van der Waals surface area contributed by atoms with E-state index in [1.54, 1.807) is 24.3 Å². The molecule has 0 unspecified atom stereocenters. The van der Waals surface area contributed by atoms with E-state index in [1.165, 1.54) is 6.92 Å². The highest BCUT2D eigenvalue weighted by Crippen LogP contribution is 2.12. The Bertz CT molecular complexity index is 470. The first kappa shape index (κ1) is 15.2. The Balaban J connectivity index is 2.67. The fraction of sp³-hybridized carbons (Fsp3) is 0.429. The summed E-state index contributed by atoms with van der Waals surface area (Å²) in [6.45, 7) is 5.14. The quantitative estimate of drug-likeness (QED) is 0.713. The number of Topliss-reactive ketones (excluding diaryl/α,β-unsaturated/α-hetero) is 1. The van der Waals surface area contributed by atoms with Crippen molar-refractivity contribution in [2.24, 2.45) is 0 Å². The predicted molar refractivity (Wildman–Crippen MR) is 74.4 cm³/mol. The maximum Gasteiger partial charge on any atom is 0.319 e. The second-order valence-electron chi connectivity index (χ2n) is 5.07. The number of nitrogens with one attached hydrogen (secondary N) is 2. The van der Waals surface area contributed by atoms with Crippen LogP contribution in [-0.2, 0) is 0 Å². The molecule has 1 rings (SSSR count). The van der Waals surface area contributed by atoms with Crippen LogP contribution in [0.15, 0.2) is 24.3 Å². The minimum absolute atomic E-state index is 0.00705. The van der Waals surface area contributed by atoms with Gasteiger partial charge in [0, 0.05) is 23.4 Å². The van der Waals surface area contributed by atoms with Crippen LogP contribution in [0, 0.1) is 0 Å². The van der Waals surface area contributed by atoms with Crippen LogP contribution in [-0.4, -0.2) is 29.1 Å². The summed E-state index contributed by atoms with van der Waals surface area (Å²) in [6, 6.07) is 6.39. The minimum atomic E-state index is -0.489. The smallest absolute Gasteiger partial charge is 0.319 e. The van der Waals surface area contributed by atoms with Gasteiger partial charge in [0.1, 0.15) is 0 Å². The van der Waals surface area contributed by atoms with Crippen molar-refractivity contribution in [1.29, 1.82) is 0 Å². The molecule has 0 aromatic heterocycles. The van der Waals surface area contributed by atoms with Crippen LogP contribution in [0.2, 0.25) is 0 Å². The van der Waals surface area contributed by atoms with E-state index >= 15 is 0 Å². The highest BCUT2D eigenvalue weighted by molar-refractivity contribution is 5.96. The topological polar surface area (TPSA) is 78.4 Å². The Morgan fingerprint density at radius 2 is 2.00 bits per heavy atom. The molecule has 1 aromatic rings. The van der Waals surface area contributed by atoms with Gasteiger partial charge in [-0.2, -0.15) is 0 Å². The van der Waals surface area contributed by atoms with Gasteiger partial charge in [-0.1, -0.05) is 12.1 Å². The van der Waals surface area contributed by atoms with E-state index in [4.69, 9.17) is 5.11 Å². The van der Waals surface area contributed by atoms with Crippen molar-refractivity contribution in [1.82, 2.24) is 5.32 Å². The summed E-state index contributed by atoms with van der Waals surface area (Å²) in [4.78, 5) is 23.0. The van der Waals surface area contributed by atoms with Crippen LogP contribution >= 0.6 is 0 Å². The van der Waals surface area contributed by atoms with Crippen molar-refractivity contribution in [2.45, 2.75) is 32.7 Å². The van der Waals surface area contributed by atoms with Crippen molar-refractivity contribution < 1.29 is 14.7 Å². The van der Waals surface area contributed by atoms with Crippen LogP contribution in [0.5, 0.6) is 0 Å². The molecule has 5 nitrogen and oxygen atoms in total. The lowest BCUT2D eigenvalue weighted by Gasteiger charge is -2.25. The zero-order valence-corrected chi connectivity index (χ0v) is 11.5. The SMILES string of the molecule is CC(=O)c1cccc(NC(=O)NC(C)(C)CCO)c1. The Hall–Kier alpha value is -1.88. The average molecular weight is 264 g/mol. The monoisotopic (exact) mass is 264 g/mol. The molecule has 0 aliphatic rings. The predicted octanol–water partition coefficient (Wildman–Crippen LogP) is 2.17. The van der Waals surface area contributed by atoms with E-state index in [-0.39, 0.29) is 18.4 Å². The number of amides is 2. The van der Waals surface area contributed by atoms with E-state index in [2.05, 4.69) is 10.6 Å². The van der Waals surface area contributed by atoms with Crippen molar-refractivity contribution in [3.63, 3.8) is 0 Å². The molecule has 5 heteroatoms. The number of carbonyl (C=O) groups is 2. The molecule has 0 saturated heterocycles. The normalized spacial score (nSPS) is 10.9. The molecule has 19 heavy (non-hydrogen) atoms. The van der Waals surface area contributed by atoms with Crippen LogP contribution in [0.25, 0.3) is 0 Å². The van der Waals surface area contributed by atoms with E-state index in [9.17, 15) is 9.59 Å². The molecular weight excluding hydrogens is 244 g/mol. The first-order chi connectivity index (χ1) is 8.84. The van der Waals surface area contributed by atoms with Crippen molar-refractivity contribution in [3.05, 3.63) is 29.8 Å². The molecule has 104 valence electrons. The van der Waals surface area contributed by atoms with Gasteiger partial charge in [-0.05, 0) is 39.3 Å². The standard InChI is InChI=1S/C14H20N2O3/c1-10(18)11-5-4-6-12(9-11)15-13(19)16-14(2,3)7-8-17/h4-6,9,17H,7-8H2,1-3H3,(H2,15,16,19). The molecule has 0 aliphatic carbocycles. The lowest BCUT2D eigenvalue weighted by molar-refractivity contribution is 0.101. The summed E-state index contributed by atoms with van der Waals surface area (Å²) in [6.07, 6.45) is 0.466. The van der Waals surface area contributed by atoms with Crippen LogP contribution < -0.4 is 10.6 Å². The zero-order chi connectivity index (χ0) is 14.5. The Morgan fingerprint density at radius 1 is 1.32 bits per heavy atom. The number of carbonyl (C=O) groups excluding carboxylic acids is 2. The lowest BCUT2D eigenvalue weighted by Crippen LogP contribution is -2.46. The summed E-state index contributed by atoms with van der Waals surface area (Å²) in [7, 11) is 0. The maximum absolute atomic E-state index is 11.8. The number of benzene rings is 1. The number of hydrogen-bond donors (Lipinski definition) is 3. The van der Waals surface area contributed by atoms with Crippen LogP contribution in [0.3, 0.4) is 0 Å². The number of rotatable bonds is 5. The molecule has 1 aromatic carbocycles. The van der Waals surface area contributed by atoms with Gasteiger partial charge in [0.15, 0.2) is 5.78 Å². The van der Waals surface area contributed by atoms with Crippen LogP contribution in [0.1, 0.15) is 37.6 Å². The fourth-order valence-electron chi connectivity index (χ4n) is 1.63. The number of anilines is 1. The molecule has 2 amide bonds. The van der Waals surface area contributed by atoms with Crippen LogP contribution in [0.4, 0.5) is 10.5 Å². The summed E-state index contributed by atoms with van der Waals surface area (Å²) in [5.41, 5.74) is 0.620. The second-order valence-corrected chi connectivity index (χ2v) is 5.07. The molecule has 0 atom stereocenters. The van der Waals surface area contributed by atoms with Gasteiger partial charge in [0.2, 0.25) is 0 Å². The second kappa shape index (κ2) is 6.33. The fourth-order valence-corrected chi connectivity index (χ4v) is 1.63. The third-order valence-electron chi connectivity index (χ3n) is 2.72. The van der Waals surface area contributed by atoms with Gasteiger partial charge in [0.25, 0.3) is 0 Å². The molecule has 0 heterocycles. The van der Waals surface area contributed by atoms with Gasteiger partial charge in [-0.25, -0.2) is 4.79 Å². The van der Waals surface area contributed by atoms with E-state index in [0.29, 0.717) is 17.7 Å². The average Bonchev–Trinajstić information content (AvgIpc) is 2.27. The van der Waals surface area contributed by atoms with E-state index in [0.717, 1.165) is 0 Å². The third kappa shape index (κ3) is 5.09. The van der Waals surface area contributed by atoms with Gasteiger partial charge in [-0.15, -0.1) is 0 Å². The largest absolute Gasteiger partial charge is 0.396 e. The first-order valence-corrected chi connectivity index (χ1v) is 6.15. The number of urea groups is 1. The number of ketones is 1. The summed E-state index contributed by atoms with van der Waals surface area (Å²) >= 11 is 0. The zero-order valence-electron chi connectivity index (χ0n) is 11.5. The number of aliphatic hydroxyl groups is 1. The molecule has 0 radical (unpaired) electrons. The van der Waals surface area contributed by atoms with Gasteiger partial charge in [-0.3, -0.25) is 4.79 Å². The first-order valence-electron chi connectivity index (χ1n) is 6.15. The van der Waals surface area contributed by atoms with Crippen molar-refractivity contribution >= 4 is 17.5 Å². The molecular formula is C14H20N2O3. The molecule has 0 bridgehead atoms. The Labute approximate surface area is 113 Å². The Morgan fingerprint density at radius 3 is 2.58 bits per heavy atom. The van der Waals surface area contributed by atoms with Gasteiger partial charge < -0.3 is 15.7 Å². The number of hydrogen-bond acceptors (Lipinski definition) is 3. The van der Waals surface area contributed by atoms with E-state index in [1.807, 2.05) is 13.8 Å². The third-order valence-corrected chi connectivity index (χ3v) is 2.72. The molecule has 3 N–H and O–H groups in total. The maximum atomic E-state index is 11.8. The minimum Gasteiger partial charge on any atom is -0.396 e. The molecule has 0 saturated carbocycles. The summed E-state index contributed by atoms with van der Waals surface area (Å²) in [5, 5.41) is 14.3. The van der Waals surface area contributed by atoms with Gasteiger partial charge in [0.05, 0.1) is 0 Å². The van der Waals surface area contributed by atoms with Crippen molar-refractivity contribution in [3.8, 4) is 0 Å². The van der Waals surface area contributed by atoms with Gasteiger partial charge >= 0.3 is 6.03 Å². The highest BCUT2D eigenvalue weighted by Gasteiger charge is 2.19. The van der Waals surface area contributed by atoms with Crippen molar-refractivity contribution in [2.75, 3.05) is 11.9 Å². The molecule has 0 fully saturated rings. The summed E-state index contributed by atoms with van der Waals surface area (Å²) < 4.78 is 0. The Kier molecular flexibility index (Phi) is 5.06. The summed E-state index contributed by atoms with van der Waals surface area (Å²) in [5.74, 6) is -0.0512. The molecule has 0 spiro atoms.